The Kier molecular flexibility index (Phi) is 2.76. The van der Waals surface area contributed by atoms with E-state index in [0.717, 1.165) is 22.2 Å². The minimum absolute atomic E-state index is 0.581. The highest BCUT2D eigenvalue weighted by Gasteiger charge is 2.12. The number of hydrogen-bond acceptors (Lipinski definition) is 2. The van der Waals surface area contributed by atoms with Crippen molar-refractivity contribution in [2.75, 3.05) is 0 Å². The van der Waals surface area contributed by atoms with Crippen LogP contribution in [0, 0.1) is 6.72 Å². The Hall–Kier alpha value is -3.01. The standard InChI is InChI=1S/C18H15N3O/c1-20-11-9-13(14-6-3-4-7-15(14)20)12-17-19-18-16(22-17)8-5-10-21(18)2/h3-12H,2H2,1H3/q+2. The minimum Gasteiger partial charge on any atom is -0.411 e. The molecule has 0 radical (unpaired) electrons. The van der Waals surface area contributed by atoms with Gasteiger partial charge >= 0.3 is 11.2 Å². The smallest absolute Gasteiger partial charge is 0.374 e. The van der Waals surface area contributed by atoms with E-state index in [1.807, 2.05) is 49.8 Å². The summed E-state index contributed by atoms with van der Waals surface area (Å²) in [7, 11) is 2.04. The highest BCUT2D eigenvalue weighted by molar-refractivity contribution is 5.85. The Balaban J connectivity index is 2.01. The molecule has 0 saturated heterocycles. The van der Waals surface area contributed by atoms with Crippen LogP contribution < -0.4 is 14.4 Å². The number of fused-ring (bicyclic) bond motifs is 2. The number of aromatic nitrogens is 3. The van der Waals surface area contributed by atoms with Gasteiger partial charge in [-0.05, 0) is 18.2 Å². The molecule has 0 aliphatic heterocycles. The zero-order chi connectivity index (χ0) is 15.1. The molecule has 0 atom stereocenters. The molecule has 0 amide bonds. The molecule has 0 aliphatic carbocycles. The van der Waals surface area contributed by atoms with E-state index in [1.54, 1.807) is 4.24 Å². The van der Waals surface area contributed by atoms with Crippen LogP contribution in [-0.4, -0.2) is 4.98 Å². The summed E-state index contributed by atoms with van der Waals surface area (Å²) in [5.41, 5.74) is 4.29. The molecule has 0 fully saturated rings. The van der Waals surface area contributed by atoms with E-state index in [9.17, 15) is 0 Å². The molecule has 4 heteroatoms. The van der Waals surface area contributed by atoms with Crippen LogP contribution in [-0.2, 0) is 7.05 Å². The van der Waals surface area contributed by atoms with Gasteiger partial charge in [-0.15, -0.1) is 0 Å². The van der Waals surface area contributed by atoms with Gasteiger partial charge in [-0.1, -0.05) is 12.1 Å². The Morgan fingerprint density at radius 3 is 2.82 bits per heavy atom. The number of para-hydroxylation sites is 1. The monoisotopic (exact) mass is 289 g/mol. The topological polar surface area (TPSA) is 35.8 Å². The van der Waals surface area contributed by atoms with Crippen molar-refractivity contribution in [2.24, 2.45) is 7.05 Å². The predicted octanol–water partition coefficient (Wildman–Crippen LogP) is 1.56. The number of aryl methyl sites for hydroxylation is 1. The first-order valence-corrected chi connectivity index (χ1v) is 7.06. The Morgan fingerprint density at radius 2 is 1.95 bits per heavy atom. The van der Waals surface area contributed by atoms with Gasteiger partial charge in [0.25, 0.3) is 0 Å². The van der Waals surface area contributed by atoms with Gasteiger partial charge in [0.05, 0.1) is 18.3 Å². The second-order valence-electron chi connectivity index (χ2n) is 5.26. The first-order chi connectivity index (χ1) is 10.7. The number of oxazole rings is 1. The van der Waals surface area contributed by atoms with Crippen molar-refractivity contribution in [1.82, 2.24) is 4.98 Å². The Bertz CT molecular complexity index is 1110. The van der Waals surface area contributed by atoms with E-state index in [2.05, 4.69) is 34.5 Å². The largest absolute Gasteiger partial charge is 0.411 e. The molecule has 0 saturated carbocycles. The van der Waals surface area contributed by atoms with Gasteiger partial charge in [-0.2, -0.15) is 0 Å². The third-order valence-corrected chi connectivity index (χ3v) is 3.79. The summed E-state index contributed by atoms with van der Waals surface area (Å²) in [6.07, 6.45) is 5.85. The van der Waals surface area contributed by atoms with Gasteiger partial charge in [0.2, 0.25) is 11.1 Å². The van der Waals surface area contributed by atoms with Gasteiger partial charge in [0, 0.05) is 28.8 Å². The van der Waals surface area contributed by atoms with E-state index in [-0.39, 0.29) is 0 Å². The molecule has 4 rings (SSSR count). The number of nitrogens with zero attached hydrogens (tertiary/aromatic N) is 3. The molecule has 0 spiro atoms. The first-order valence-electron chi connectivity index (χ1n) is 7.06. The van der Waals surface area contributed by atoms with E-state index in [1.165, 1.54) is 5.52 Å². The molecule has 0 unspecified atom stereocenters. The highest BCUT2D eigenvalue weighted by Crippen LogP contribution is 2.15. The summed E-state index contributed by atoms with van der Waals surface area (Å²) in [5.74, 6) is 0. The molecular weight excluding hydrogens is 274 g/mol. The van der Waals surface area contributed by atoms with Crippen LogP contribution in [0.5, 0.6) is 0 Å². The van der Waals surface area contributed by atoms with Crippen LogP contribution in [0.3, 0.4) is 0 Å². The number of hydrogen-bond donors (Lipinski definition) is 0. The van der Waals surface area contributed by atoms with Crippen molar-refractivity contribution in [2.45, 2.75) is 0 Å². The van der Waals surface area contributed by atoms with Crippen LogP contribution >= 0.6 is 0 Å². The Morgan fingerprint density at radius 1 is 1.09 bits per heavy atom. The summed E-state index contributed by atoms with van der Waals surface area (Å²) >= 11 is 0. The number of rotatable bonds is 1. The zero-order valence-electron chi connectivity index (χ0n) is 12.2. The van der Waals surface area contributed by atoms with Crippen molar-refractivity contribution in [3.05, 3.63) is 72.7 Å². The van der Waals surface area contributed by atoms with Gasteiger partial charge in [0.1, 0.15) is 7.05 Å². The lowest BCUT2D eigenvalue weighted by molar-refractivity contribution is -0.644. The third-order valence-electron chi connectivity index (χ3n) is 3.79. The fourth-order valence-corrected chi connectivity index (χ4v) is 2.67. The average Bonchev–Trinajstić information content (AvgIpc) is 2.95. The molecule has 4 aromatic rings. The zero-order valence-corrected chi connectivity index (χ0v) is 12.2. The SMILES string of the molecule is C=[n+]1cccc2oc(=Cc3cc[n+](C)c4ccccc34)nc21. The second-order valence-corrected chi connectivity index (χ2v) is 5.26. The molecule has 106 valence electrons. The Labute approximate surface area is 126 Å². The normalized spacial score (nSPS) is 12.3. The quantitative estimate of drug-likeness (QED) is 0.499. The summed E-state index contributed by atoms with van der Waals surface area (Å²) in [6.45, 7) is 3.91. The summed E-state index contributed by atoms with van der Waals surface area (Å²) < 4.78 is 9.61. The van der Waals surface area contributed by atoms with Crippen LogP contribution in [0.15, 0.2) is 59.3 Å². The average molecular weight is 289 g/mol. The van der Waals surface area contributed by atoms with Crippen LogP contribution in [0.25, 0.3) is 28.2 Å². The first kappa shape index (κ1) is 12.7. The van der Waals surface area contributed by atoms with Gasteiger partial charge in [0.15, 0.2) is 6.20 Å². The van der Waals surface area contributed by atoms with Crippen molar-refractivity contribution >= 4 is 28.2 Å². The molecule has 3 aromatic heterocycles. The van der Waals surface area contributed by atoms with E-state index in [0.29, 0.717) is 5.55 Å². The van der Waals surface area contributed by atoms with Crippen molar-refractivity contribution in [1.29, 1.82) is 0 Å². The molecule has 0 N–H and O–H groups in total. The van der Waals surface area contributed by atoms with E-state index >= 15 is 0 Å². The minimum atomic E-state index is 0.581. The van der Waals surface area contributed by atoms with Crippen LogP contribution in [0.1, 0.15) is 5.56 Å². The number of pyridine rings is 2. The lowest BCUT2D eigenvalue weighted by Crippen LogP contribution is -2.28. The summed E-state index contributed by atoms with van der Waals surface area (Å²) in [6, 6.07) is 14.1. The van der Waals surface area contributed by atoms with Gasteiger partial charge in [-0.3, -0.25) is 0 Å². The van der Waals surface area contributed by atoms with Crippen LogP contribution in [0.4, 0.5) is 0 Å². The predicted molar refractivity (Wildman–Crippen MR) is 83.3 cm³/mol. The molecule has 0 aliphatic rings. The molecule has 3 heterocycles. The molecule has 1 aromatic carbocycles. The summed E-state index contributed by atoms with van der Waals surface area (Å²) in [4.78, 5) is 4.51. The molecule has 4 nitrogen and oxygen atoms in total. The third kappa shape index (κ3) is 1.97. The van der Waals surface area contributed by atoms with Crippen LogP contribution in [0.2, 0.25) is 0 Å². The van der Waals surface area contributed by atoms with E-state index in [4.69, 9.17) is 4.42 Å². The van der Waals surface area contributed by atoms with Gasteiger partial charge < -0.3 is 4.42 Å². The number of benzene rings is 1. The summed E-state index contributed by atoms with van der Waals surface area (Å²) in [5, 5.41) is 1.16. The maximum atomic E-state index is 5.80. The van der Waals surface area contributed by atoms with Crippen molar-refractivity contribution < 1.29 is 13.2 Å². The van der Waals surface area contributed by atoms with Crippen molar-refractivity contribution in [3.8, 4) is 0 Å². The van der Waals surface area contributed by atoms with E-state index < -0.39 is 0 Å². The molecular formula is C18H15N3O+2. The maximum absolute atomic E-state index is 5.80. The maximum Gasteiger partial charge on any atom is 0.374 e. The van der Waals surface area contributed by atoms with Gasteiger partial charge in [-0.25, -0.2) is 8.81 Å². The molecule has 0 bridgehead atoms. The second kappa shape index (κ2) is 4.77. The fourth-order valence-electron chi connectivity index (χ4n) is 2.67. The lowest BCUT2D eigenvalue weighted by atomic mass is 10.1. The van der Waals surface area contributed by atoms with Crippen molar-refractivity contribution in [3.63, 3.8) is 0 Å². The highest BCUT2D eigenvalue weighted by atomic mass is 16.3. The fraction of sp³-hybridized carbons (Fsp3) is 0.0556. The molecule has 22 heavy (non-hydrogen) atoms. The lowest BCUT2D eigenvalue weighted by Gasteiger charge is -1.98.